The Morgan fingerprint density at radius 2 is 1.89 bits per heavy atom. The van der Waals surface area contributed by atoms with Gasteiger partial charge in [-0.1, -0.05) is 48.0 Å². The summed E-state index contributed by atoms with van der Waals surface area (Å²) in [5, 5.41) is 0. The highest BCUT2D eigenvalue weighted by Gasteiger charge is 2.25. The van der Waals surface area contributed by atoms with E-state index in [0.717, 1.165) is 17.4 Å². The highest BCUT2D eigenvalue weighted by molar-refractivity contribution is 9.10. The summed E-state index contributed by atoms with van der Waals surface area (Å²) >= 11 is 3.58. The predicted molar refractivity (Wildman–Crippen MR) is 85.1 cm³/mol. The zero-order valence-corrected chi connectivity index (χ0v) is 13.6. The molecule has 0 saturated carbocycles. The Bertz CT molecular complexity index is 407. The van der Waals surface area contributed by atoms with Crippen LogP contribution in [0.25, 0.3) is 0 Å². The number of piperidine rings is 1. The lowest BCUT2D eigenvalue weighted by molar-refractivity contribution is 0.129. The molecule has 19 heavy (non-hydrogen) atoms. The number of hydrogen-bond donors (Lipinski definition) is 1. The van der Waals surface area contributed by atoms with Gasteiger partial charge in [0.15, 0.2) is 0 Å². The lowest BCUT2D eigenvalue weighted by atomic mass is 9.82. The second-order valence-electron chi connectivity index (χ2n) is 6.42. The minimum absolute atomic E-state index is 0.130. The first-order valence-corrected chi connectivity index (χ1v) is 8.00. The van der Waals surface area contributed by atoms with Gasteiger partial charge in [-0.05, 0) is 55.9 Å². The standard InChI is InChI=1S/C16H25BrN2/c1-16(2)8-11-19(12-9-16)10-7-15(18)13-5-3-4-6-14(13)17/h3-6,15H,7-12,18H2,1-2H3. The van der Waals surface area contributed by atoms with Gasteiger partial charge in [-0.15, -0.1) is 0 Å². The average Bonchev–Trinajstić information content (AvgIpc) is 2.38. The fourth-order valence-electron chi connectivity index (χ4n) is 2.63. The molecule has 3 heteroatoms. The summed E-state index contributed by atoms with van der Waals surface area (Å²) in [6, 6.07) is 8.41. The Morgan fingerprint density at radius 3 is 2.53 bits per heavy atom. The molecule has 0 spiro atoms. The van der Waals surface area contributed by atoms with Gasteiger partial charge in [-0.25, -0.2) is 0 Å². The first-order valence-electron chi connectivity index (χ1n) is 7.20. The topological polar surface area (TPSA) is 29.3 Å². The van der Waals surface area contributed by atoms with Crippen LogP contribution < -0.4 is 5.73 Å². The monoisotopic (exact) mass is 324 g/mol. The molecular formula is C16H25BrN2. The normalized spacial score (nSPS) is 21.3. The molecule has 1 aromatic rings. The number of benzene rings is 1. The summed E-state index contributed by atoms with van der Waals surface area (Å²) < 4.78 is 1.13. The van der Waals surface area contributed by atoms with Crippen molar-refractivity contribution in [1.29, 1.82) is 0 Å². The van der Waals surface area contributed by atoms with Crippen LogP contribution in [0.3, 0.4) is 0 Å². The molecule has 1 fully saturated rings. The van der Waals surface area contributed by atoms with E-state index in [2.05, 4.69) is 52.9 Å². The molecule has 106 valence electrons. The van der Waals surface area contributed by atoms with Crippen molar-refractivity contribution < 1.29 is 0 Å². The third kappa shape index (κ3) is 4.30. The quantitative estimate of drug-likeness (QED) is 0.908. The number of rotatable bonds is 4. The van der Waals surface area contributed by atoms with Crippen LogP contribution >= 0.6 is 15.9 Å². The molecule has 0 aromatic heterocycles. The predicted octanol–water partition coefficient (Wildman–Crippen LogP) is 3.96. The van der Waals surface area contributed by atoms with Crippen LogP contribution in [0.15, 0.2) is 28.7 Å². The molecule has 2 N–H and O–H groups in total. The second kappa shape index (κ2) is 6.38. The molecule has 0 bridgehead atoms. The van der Waals surface area contributed by atoms with E-state index >= 15 is 0 Å². The molecule has 1 aliphatic rings. The van der Waals surface area contributed by atoms with E-state index in [4.69, 9.17) is 5.73 Å². The lowest BCUT2D eigenvalue weighted by Crippen LogP contribution is -2.38. The number of halogens is 1. The van der Waals surface area contributed by atoms with Crippen LogP contribution in [0.1, 0.15) is 44.7 Å². The van der Waals surface area contributed by atoms with Gasteiger partial charge in [0, 0.05) is 10.5 Å². The maximum atomic E-state index is 6.31. The molecule has 1 aromatic carbocycles. The van der Waals surface area contributed by atoms with Crippen LogP contribution in [-0.2, 0) is 0 Å². The van der Waals surface area contributed by atoms with Crippen molar-refractivity contribution in [2.75, 3.05) is 19.6 Å². The maximum Gasteiger partial charge on any atom is 0.0318 e. The van der Waals surface area contributed by atoms with Gasteiger partial charge in [0.25, 0.3) is 0 Å². The molecule has 2 rings (SSSR count). The first kappa shape index (κ1) is 15.0. The van der Waals surface area contributed by atoms with Crippen molar-refractivity contribution in [3.63, 3.8) is 0 Å². The van der Waals surface area contributed by atoms with Crippen molar-refractivity contribution in [3.8, 4) is 0 Å². The Morgan fingerprint density at radius 1 is 1.26 bits per heavy atom. The van der Waals surface area contributed by atoms with E-state index in [0.29, 0.717) is 5.41 Å². The van der Waals surface area contributed by atoms with Crippen molar-refractivity contribution >= 4 is 15.9 Å². The molecule has 1 aliphatic heterocycles. The van der Waals surface area contributed by atoms with Crippen LogP contribution in [0.2, 0.25) is 0 Å². The number of nitrogens with two attached hydrogens (primary N) is 1. The number of nitrogens with zero attached hydrogens (tertiary/aromatic N) is 1. The molecule has 2 nitrogen and oxygen atoms in total. The number of likely N-dealkylation sites (tertiary alicyclic amines) is 1. The zero-order valence-electron chi connectivity index (χ0n) is 12.0. The second-order valence-corrected chi connectivity index (χ2v) is 7.28. The Labute approximate surface area is 125 Å². The lowest BCUT2D eigenvalue weighted by Gasteiger charge is -2.37. The summed E-state index contributed by atoms with van der Waals surface area (Å²) in [4.78, 5) is 2.56. The molecule has 0 radical (unpaired) electrons. The van der Waals surface area contributed by atoms with E-state index < -0.39 is 0 Å². The van der Waals surface area contributed by atoms with Crippen LogP contribution in [0.5, 0.6) is 0 Å². The molecule has 1 heterocycles. The third-order valence-corrected chi connectivity index (χ3v) is 4.99. The van der Waals surface area contributed by atoms with Crippen LogP contribution in [0.4, 0.5) is 0 Å². The van der Waals surface area contributed by atoms with E-state index in [1.807, 2.05) is 6.07 Å². The van der Waals surface area contributed by atoms with Crippen LogP contribution in [0, 0.1) is 5.41 Å². The van der Waals surface area contributed by atoms with Gasteiger partial charge in [0.2, 0.25) is 0 Å². The highest BCUT2D eigenvalue weighted by Crippen LogP contribution is 2.30. The summed E-state index contributed by atoms with van der Waals surface area (Å²) in [5.41, 5.74) is 8.06. The van der Waals surface area contributed by atoms with E-state index in [-0.39, 0.29) is 6.04 Å². The van der Waals surface area contributed by atoms with E-state index in [9.17, 15) is 0 Å². The summed E-state index contributed by atoms with van der Waals surface area (Å²) in [5.74, 6) is 0. The SMILES string of the molecule is CC1(C)CCN(CCC(N)c2ccccc2Br)CC1. The molecule has 1 atom stereocenters. The minimum atomic E-state index is 0.130. The van der Waals surface area contributed by atoms with Crippen molar-refractivity contribution in [2.45, 2.75) is 39.2 Å². The third-order valence-electron chi connectivity index (χ3n) is 4.27. The van der Waals surface area contributed by atoms with E-state index in [1.54, 1.807) is 0 Å². The van der Waals surface area contributed by atoms with Gasteiger partial charge in [-0.2, -0.15) is 0 Å². The average molecular weight is 325 g/mol. The molecular weight excluding hydrogens is 300 g/mol. The van der Waals surface area contributed by atoms with Crippen molar-refractivity contribution in [3.05, 3.63) is 34.3 Å². The fraction of sp³-hybridized carbons (Fsp3) is 0.625. The van der Waals surface area contributed by atoms with Gasteiger partial charge in [0.05, 0.1) is 0 Å². The minimum Gasteiger partial charge on any atom is -0.324 e. The van der Waals surface area contributed by atoms with Crippen molar-refractivity contribution in [2.24, 2.45) is 11.1 Å². The van der Waals surface area contributed by atoms with Gasteiger partial charge < -0.3 is 10.6 Å². The molecule has 0 aliphatic carbocycles. The number of hydrogen-bond acceptors (Lipinski definition) is 2. The summed E-state index contributed by atoms with van der Waals surface area (Å²) in [6.45, 7) is 8.29. The smallest absolute Gasteiger partial charge is 0.0318 e. The van der Waals surface area contributed by atoms with Gasteiger partial charge in [-0.3, -0.25) is 0 Å². The Hall–Kier alpha value is -0.380. The van der Waals surface area contributed by atoms with Gasteiger partial charge >= 0.3 is 0 Å². The maximum absolute atomic E-state index is 6.31. The molecule has 0 amide bonds. The van der Waals surface area contributed by atoms with Gasteiger partial charge in [0.1, 0.15) is 0 Å². The summed E-state index contributed by atoms with van der Waals surface area (Å²) in [7, 11) is 0. The fourth-order valence-corrected chi connectivity index (χ4v) is 3.21. The highest BCUT2D eigenvalue weighted by atomic mass is 79.9. The molecule has 1 saturated heterocycles. The van der Waals surface area contributed by atoms with Crippen LogP contribution in [-0.4, -0.2) is 24.5 Å². The molecule has 1 unspecified atom stereocenters. The van der Waals surface area contributed by atoms with Crippen molar-refractivity contribution in [1.82, 2.24) is 4.90 Å². The largest absolute Gasteiger partial charge is 0.324 e. The zero-order chi connectivity index (χ0) is 13.9. The summed E-state index contributed by atoms with van der Waals surface area (Å²) in [6.07, 6.45) is 3.64. The first-order chi connectivity index (χ1) is 8.98. The van der Waals surface area contributed by atoms with E-state index in [1.165, 1.54) is 31.5 Å². The Balaban J connectivity index is 1.82. The Kier molecular flexibility index (Phi) is 5.04.